The van der Waals surface area contributed by atoms with E-state index in [4.69, 9.17) is 21.1 Å². The van der Waals surface area contributed by atoms with Crippen molar-refractivity contribution in [3.8, 4) is 0 Å². The van der Waals surface area contributed by atoms with Crippen molar-refractivity contribution in [3.63, 3.8) is 0 Å². The van der Waals surface area contributed by atoms with Gasteiger partial charge in [-0.2, -0.15) is 4.31 Å². The van der Waals surface area contributed by atoms with Crippen LogP contribution in [0.2, 0.25) is 5.02 Å². The Hall–Kier alpha value is -3.00. The zero-order valence-corrected chi connectivity index (χ0v) is 24.3. The van der Waals surface area contributed by atoms with Crippen molar-refractivity contribution in [2.24, 2.45) is 0 Å². The molecule has 0 aliphatic carbocycles. The fourth-order valence-electron chi connectivity index (χ4n) is 3.37. The summed E-state index contributed by atoms with van der Waals surface area (Å²) in [6.45, 7) is 6.31. The molecule has 1 aromatic heterocycles. The van der Waals surface area contributed by atoms with Gasteiger partial charge in [-0.25, -0.2) is 18.0 Å². The molecule has 0 saturated carbocycles. The molecule has 0 atom stereocenters. The molecule has 38 heavy (non-hydrogen) atoms. The summed E-state index contributed by atoms with van der Waals surface area (Å²) in [7, 11) is -0.843. The average Bonchev–Trinajstić information content (AvgIpc) is 3.18. The van der Waals surface area contributed by atoms with Gasteiger partial charge in [0.25, 0.3) is 11.8 Å². The number of esters is 2. The van der Waals surface area contributed by atoms with Gasteiger partial charge in [-0.1, -0.05) is 25.4 Å². The molecule has 0 spiro atoms. The Labute approximate surface area is 230 Å². The van der Waals surface area contributed by atoms with Crippen molar-refractivity contribution in [1.82, 2.24) is 9.21 Å². The maximum Gasteiger partial charge on any atom is 0.341 e. The van der Waals surface area contributed by atoms with Crippen molar-refractivity contribution in [2.75, 3.05) is 45.7 Å². The summed E-state index contributed by atoms with van der Waals surface area (Å²) < 4.78 is 37.1. The largest absolute Gasteiger partial charge is 0.462 e. The van der Waals surface area contributed by atoms with Crippen LogP contribution in [0.4, 0.5) is 5.00 Å². The van der Waals surface area contributed by atoms with Gasteiger partial charge in [-0.05, 0) is 37.6 Å². The van der Waals surface area contributed by atoms with Gasteiger partial charge in [0.1, 0.15) is 9.90 Å². The lowest BCUT2D eigenvalue weighted by Crippen LogP contribution is -2.31. The number of hydrogen-bond acceptors (Lipinski definition) is 9. The highest BCUT2D eigenvalue weighted by atomic mass is 35.5. The lowest BCUT2D eigenvalue weighted by molar-refractivity contribution is -0.119. The number of carbonyl (C=O) groups excluding carboxylic acids is 4. The monoisotopic (exact) mass is 587 g/mol. The van der Waals surface area contributed by atoms with Gasteiger partial charge in [0, 0.05) is 27.2 Å². The molecule has 11 nitrogen and oxygen atoms in total. The molecule has 0 unspecified atom stereocenters. The number of thiophene rings is 1. The van der Waals surface area contributed by atoms with E-state index in [0.717, 1.165) is 17.4 Å². The third kappa shape index (κ3) is 6.90. The number of ether oxygens (including phenoxy) is 2. The summed E-state index contributed by atoms with van der Waals surface area (Å²) in [5.74, 6) is -2.80. The number of hydrogen-bond donors (Lipinski definition) is 1. The minimum Gasteiger partial charge on any atom is -0.462 e. The molecule has 1 heterocycles. The van der Waals surface area contributed by atoms with Gasteiger partial charge in [0.2, 0.25) is 10.0 Å². The molecule has 2 aromatic rings. The second-order valence-corrected chi connectivity index (χ2v) is 11.4. The molecule has 2 rings (SSSR count). The zero-order chi connectivity index (χ0) is 28.8. The highest BCUT2D eigenvalue weighted by Crippen LogP contribution is 2.34. The number of nitrogens with one attached hydrogen (secondary N) is 1. The first kappa shape index (κ1) is 31.2. The first-order valence-electron chi connectivity index (χ1n) is 11.6. The van der Waals surface area contributed by atoms with Crippen LogP contribution in [0.25, 0.3) is 0 Å². The summed E-state index contributed by atoms with van der Waals surface area (Å²) >= 11 is 6.99. The van der Waals surface area contributed by atoms with Crippen molar-refractivity contribution < 1.29 is 37.1 Å². The van der Waals surface area contributed by atoms with Crippen molar-refractivity contribution in [2.45, 2.75) is 32.6 Å². The van der Waals surface area contributed by atoms with E-state index in [2.05, 4.69) is 5.32 Å². The number of nitrogens with zero attached hydrogens (tertiary/aromatic N) is 2. The molecule has 0 aliphatic rings. The van der Waals surface area contributed by atoms with E-state index >= 15 is 0 Å². The molecule has 1 N–H and O–H groups in total. The van der Waals surface area contributed by atoms with Gasteiger partial charge in [-0.15, -0.1) is 11.3 Å². The molecular weight excluding hydrogens is 558 g/mol. The second-order valence-electron chi connectivity index (χ2n) is 8.04. The second kappa shape index (κ2) is 13.2. The highest BCUT2D eigenvalue weighted by molar-refractivity contribution is 7.89. The predicted octanol–water partition coefficient (Wildman–Crippen LogP) is 3.41. The summed E-state index contributed by atoms with van der Waals surface area (Å²) in [6.07, 6.45) is 0. The third-order valence-electron chi connectivity index (χ3n) is 5.30. The molecule has 0 bridgehead atoms. The molecule has 14 heteroatoms. The Morgan fingerprint density at radius 2 is 1.66 bits per heavy atom. The number of rotatable bonds is 11. The minimum absolute atomic E-state index is 0.0330. The first-order valence-corrected chi connectivity index (χ1v) is 14.2. The van der Waals surface area contributed by atoms with E-state index in [1.165, 1.54) is 21.3 Å². The van der Waals surface area contributed by atoms with E-state index in [-0.39, 0.29) is 56.5 Å². The lowest BCUT2D eigenvalue weighted by Gasteiger charge is -2.19. The smallest absolute Gasteiger partial charge is 0.341 e. The van der Waals surface area contributed by atoms with Crippen LogP contribution in [-0.4, -0.2) is 81.8 Å². The first-order chi connectivity index (χ1) is 17.8. The van der Waals surface area contributed by atoms with Crippen LogP contribution in [0.3, 0.4) is 0 Å². The fourth-order valence-corrected chi connectivity index (χ4v) is 6.56. The Kier molecular flexibility index (Phi) is 10.8. The maximum absolute atomic E-state index is 12.9. The number of benzene rings is 1. The van der Waals surface area contributed by atoms with E-state index in [9.17, 15) is 27.6 Å². The number of amides is 2. The van der Waals surface area contributed by atoms with Gasteiger partial charge < -0.3 is 19.7 Å². The Balaban J connectivity index is 2.24. The van der Waals surface area contributed by atoms with Gasteiger partial charge in [0.05, 0.1) is 27.6 Å². The van der Waals surface area contributed by atoms with Gasteiger partial charge in [0.15, 0.2) is 6.61 Å². The zero-order valence-electron chi connectivity index (χ0n) is 21.9. The highest BCUT2D eigenvalue weighted by Gasteiger charge is 2.28. The summed E-state index contributed by atoms with van der Waals surface area (Å²) in [4.78, 5) is 51.6. The Morgan fingerprint density at radius 3 is 2.21 bits per heavy atom. The normalized spacial score (nSPS) is 11.3. The van der Waals surface area contributed by atoms with Crippen LogP contribution < -0.4 is 5.32 Å². The van der Waals surface area contributed by atoms with Crippen molar-refractivity contribution >= 4 is 61.7 Å². The number of sulfonamides is 1. The van der Waals surface area contributed by atoms with Crippen molar-refractivity contribution in [1.29, 1.82) is 0 Å². The van der Waals surface area contributed by atoms with Gasteiger partial charge >= 0.3 is 11.9 Å². The summed E-state index contributed by atoms with van der Waals surface area (Å²) in [5.41, 5.74) is 0.263. The van der Waals surface area contributed by atoms with Crippen LogP contribution in [0.5, 0.6) is 0 Å². The lowest BCUT2D eigenvalue weighted by atomic mass is 10.1. The van der Waals surface area contributed by atoms with Gasteiger partial charge in [-0.3, -0.25) is 9.59 Å². The SMILES string of the molecule is CCOC(=O)c1c(NC(=O)COC(=O)c2ccc(Cl)c(S(=O)(=O)N(CC)CC)c2)sc(C(=O)N(C)C)c1C. The third-order valence-corrected chi connectivity index (χ3v) is 9.03. The van der Waals surface area contributed by atoms with Crippen LogP contribution in [0, 0.1) is 6.92 Å². The molecule has 0 saturated heterocycles. The number of halogens is 1. The quantitative estimate of drug-likeness (QED) is 0.395. The van der Waals surface area contributed by atoms with Crippen LogP contribution in [0.1, 0.15) is 56.7 Å². The average molecular weight is 588 g/mol. The van der Waals surface area contributed by atoms with E-state index < -0.39 is 34.5 Å². The standard InChI is InChI=1S/C24H30ClN3O8S2/c1-7-28(8-2)38(33,34)17-12-15(10-11-16(17)25)23(31)36-13-18(29)26-21-19(24(32)35-9-3)14(4)20(37-21)22(30)27(5)6/h10-12H,7-9,13H2,1-6H3,(H,26,29). The molecular formula is C24H30ClN3O8S2. The van der Waals surface area contributed by atoms with Crippen LogP contribution >= 0.6 is 22.9 Å². The van der Waals surface area contributed by atoms with Crippen LogP contribution in [-0.2, 0) is 24.3 Å². The topological polar surface area (TPSA) is 139 Å². The van der Waals surface area contributed by atoms with E-state index in [1.54, 1.807) is 41.8 Å². The van der Waals surface area contributed by atoms with Crippen LogP contribution in [0.15, 0.2) is 23.1 Å². The van der Waals surface area contributed by atoms with E-state index in [1.807, 2.05) is 0 Å². The minimum atomic E-state index is -3.95. The molecule has 1 aromatic carbocycles. The Morgan fingerprint density at radius 1 is 1.03 bits per heavy atom. The number of anilines is 1. The van der Waals surface area contributed by atoms with E-state index in [0.29, 0.717) is 5.56 Å². The predicted molar refractivity (Wildman–Crippen MR) is 144 cm³/mol. The molecule has 0 fully saturated rings. The van der Waals surface area contributed by atoms with Crippen molar-refractivity contribution in [3.05, 3.63) is 44.8 Å². The Bertz CT molecular complexity index is 1330. The molecule has 2 amide bonds. The molecule has 0 radical (unpaired) electrons. The molecule has 0 aliphatic heterocycles. The fraction of sp³-hybridized carbons (Fsp3) is 0.417. The number of carbonyl (C=O) groups is 4. The maximum atomic E-state index is 12.9. The summed E-state index contributed by atoms with van der Waals surface area (Å²) in [5, 5.41) is 2.51. The summed E-state index contributed by atoms with van der Waals surface area (Å²) in [6, 6.07) is 3.64. The molecule has 208 valence electrons.